The lowest BCUT2D eigenvalue weighted by Gasteiger charge is -2.14. The van der Waals surface area contributed by atoms with Gasteiger partial charge in [-0.25, -0.2) is 4.79 Å². The van der Waals surface area contributed by atoms with Crippen LogP contribution in [-0.4, -0.2) is 24.3 Å². The van der Waals surface area contributed by atoms with E-state index in [1.807, 2.05) is 18.2 Å². The molecule has 3 aromatic carbocycles. The van der Waals surface area contributed by atoms with Gasteiger partial charge in [0.15, 0.2) is 6.61 Å². The normalized spacial score (nSPS) is 10.9. The van der Waals surface area contributed by atoms with Gasteiger partial charge < -0.3 is 14.0 Å². The molecule has 30 heavy (non-hydrogen) atoms. The van der Waals surface area contributed by atoms with Gasteiger partial charge >= 0.3 is 5.97 Å². The maximum atomic E-state index is 11.5. The highest BCUT2D eigenvalue weighted by Crippen LogP contribution is 2.32. The number of esters is 1. The number of benzene rings is 3. The van der Waals surface area contributed by atoms with Crippen molar-refractivity contribution < 1.29 is 14.3 Å². The first-order valence-corrected chi connectivity index (χ1v) is 10.1. The first-order chi connectivity index (χ1) is 14.7. The SMILES string of the molecule is CCc1cc2c(OCC(=O)OC)cccc2n1Cc1ccccc1-c1ccccc1. The number of carbonyl (C=O) groups excluding carboxylic acids is 1. The Hall–Kier alpha value is -3.53. The second-order valence-corrected chi connectivity index (χ2v) is 7.15. The summed E-state index contributed by atoms with van der Waals surface area (Å²) in [5.74, 6) is 0.307. The van der Waals surface area contributed by atoms with E-state index in [1.165, 1.54) is 29.5 Å². The summed E-state index contributed by atoms with van der Waals surface area (Å²) in [4.78, 5) is 11.5. The van der Waals surface area contributed by atoms with Gasteiger partial charge in [0.05, 0.1) is 12.6 Å². The Kier molecular flexibility index (Phi) is 5.84. The van der Waals surface area contributed by atoms with Crippen LogP contribution in [0.1, 0.15) is 18.2 Å². The molecule has 1 aromatic heterocycles. The number of nitrogens with zero attached hydrogens (tertiary/aromatic N) is 1. The number of rotatable bonds is 7. The predicted molar refractivity (Wildman–Crippen MR) is 120 cm³/mol. The Morgan fingerprint density at radius 1 is 0.933 bits per heavy atom. The number of methoxy groups -OCH3 is 1. The van der Waals surface area contributed by atoms with Crippen LogP contribution in [0.3, 0.4) is 0 Å². The van der Waals surface area contributed by atoms with E-state index >= 15 is 0 Å². The molecule has 4 nitrogen and oxygen atoms in total. The molecule has 0 N–H and O–H groups in total. The first-order valence-electron chi connectivity index (χ1n) is 10.1. The van der Waals surface area contributed by atoms with E-state index in [4.69, 9.17) is 9.47 Å². The summed E-state index contributed by atoms with van der Waals surface area (Å²) in [5.41, 5.74) is 6.03. The molecular formula is C26H25NO3. The summed E-state index contributed by atoms with van der Waals surface area (Å²) in [7, 11) is 1.36. The minimum absolute atomic E-state index is 0.0981. The lowest BCUT2D eigenvalue weighted by molar-refractivity contribution is -0.142. The van der Waals surface area contributed by atoms with Crippen molar-refractivity contribution in [3.05, 3.63) is 90.1 Å². The number of aryl methyl sites for hydroxylation is 1. The van der Waals surface area contributed by atoms with Gasteiger partial charge in [-0.2, -0.15) is 0 Å². The van der Waals surface area contributed by atoms with Crippen molar-refractivity contribution in [2.24, 2.45) is 0 Å². The highest BCUT2D eigenvalue weighted by atomic mass is 16.6. The summed E-state index contributed by atoms with van der Waals surface area (Å²) in [6, 6.07) is 27.1. The van der Waals surface area contributed by atoms with Crippen molar-refractivity contribution in [1.82, 2.24) is 4.57 Å². The Morgan fingerprint density at radius 3 is 2.47 bits per heavy atom. The Morgan fingerprint density at radius 2 is 1.70 bits per heavy atom. The van der Waals surface area contributed by atoms with Crippen LogP contribution in [0.25, 0.3) is 22.0 Å². The number of fused-ring (bicyclic) bond motifs is 1. The highest BCUT2D eigenvalue weighted by Gasteiger charge is 2.14. The maximum Gasteiger partial charge on any atom is 0.343 e. The number of ether oxygens (including phenoxy) is 2. The maximum absolute atomic E-state index is 11.5. The van der Waals surface area contributed by atoms with Gasteiger partial charge in [-0.05, 0) is 41.3 Å². The molecule has 0 spiro atoms. The van der Waals surface area contributed by atoms with Gasteiger partial charge in [-0.1, -0.05) is 67.6 Å². The monoisotopic (exact) mass is 399 g/mol. The molecule has 1 heterocycles. The molecule has 0 fully saturated rings. The van der Waals surface area contributed by atoms with E-state index < -0.39 is 0 Å². The van der Waals surface area contributed by atoms with Crippen LogP contribution in [0.2, 0.25) is 0 Å². The van der Waals surface area contributed by atoms with Crippen molar-refractivity contribution in [2.45, 2.75) is 19.9 Å². The molecule has 0 saturated carbocycles. The Bertz CT molecular complexity index is 1160. The van der Waals surface area contributed by atoms with Crippen molar-refractivity contribution in [3.8, 4) is 16.9 Å². The Balaban J connectivity index is 1.75. The number of carbonyl (C=O) groups is 1. The van der Waals surface area contributed by atoms with Crippen molar-refractivity contribution in [3.63, 3.8) is 0 Å². The zero-order valence-corrected chi connectivity index (χ0v) is 17.3. The Labute approximate surface area is 176 Å². The van der Waals surface area contributed by atoms with Gasteiger partial charge in [0, 0.05) is 17.6 Å². The van der Waals surface area contributed by atoms with E-state index in [0.717, 1.165) is 23.9 Å². The lowest BCUT2D eigenvalue weighted by atomic mass is 9.99. The largest absolute Gasteiger partial charge is 0.481 e. The fraction of sp³-hybridized carbons (Fsp3) is 0.192. The lowest BCUT2D eigenvalue weighted by Crippen LogP contribution is -2.12. The van der Waals surface area contributed by atoms with E-state index in [-0.39, 0.29) is 12.6 Å². The van der Waals surface area contributed by atoms with Gasteiger partial charge in [0.25, 0.3) is 0 Å². The summed E-state index contributed by atoms with van der Waals surface area (Å²) in [6.45, 7) is 2.82. The molecule has 0 atom stereocenters. The molecule has 0 radical (unpaired) electrons. The molecule has 0 aliphatic heterocycles. The van der Waals surface area contributed by atoms with E-state index in [2.05, 4.69) is 72.2 Å². The van der Waals surface area contributed by atoms with Crippen LogP contribution in [-0.2, 0) is 22.5 Å². The van der Waals surface area contributed by atoms with E-state index in [9.17, 15) is 4.79 Å². The molecule has 152 valence electrons. The molecule has 4 heteroatoms. The predicted octanol–water partition coefficient (Wildman–Crippen LogP) is 5.47. The fourth-order valence-electron chi connectivity index (χ4n) is 3.84. The summed E-state index contributed by atoms with van der Waals surface area (Å²) < 4.78 is 12.8. The van der Waals surface area contributed by atoms with Crippen LogP contribution < -0.4 is 4.74 Å². The van der Waals surface area contributed by atoms with E-state index in [0.29, 0.717) is 5.75 Å². The summed E-state index contributed by atoms with van der Waals surface area (Å²) >= 11 is 0. The first kappa shape index (κ1) is 19.8. The molecule has 0 aliphatic carbocycles. The minimum Gasteiger partial charge on any atom is -0.481 e. The van der Waals surface area contributed by atoms with Gasteiger partial charge in [0.2, 0.25) is 0 Å². The van der Waals surface area contributed by atoms with Crippen molar-refractivity contribution in [1.29, 1.82) is 0 Å². The zero-order chi connectivity index (χ0) is 20.9. The van der Waals surface area contributed by atoms with E-state index in [1.54, 1.807) is 0 Å². The van der Waals surface area contributed by atoms with Crippen LogP contribution >= 0.6 is 0 Å². The number of aromatic nitrogens is 1. The van der Waals surface area contributed by atoms with Crippen LogP contribution in [0.4, 0.5) is 0 Å². The molecule has 4 rings (SSSR count). The summed E-state index contributed by atoms with van der Waals surface area (Å²) in [6.07, 6.45) is 0.901. The van der Waals surface area contributed by atoms with Crippen LogP contribution in [0.15, 0.2) is 78.9 Å². The topological polar surface area (TPSA) is 40.5 Å². The molecule has 0 unspecified atom stereocenters. The molecular weight excluding hydrogens is 374 g/mol. The fourth-order valence-corrected chi connectivity index (χ4v) is 3.84. The standard InChI is InChI=1S/C26H25NO3/c1-3-21-16-23-24(14-9-15-25(23)30-18-26(28)29-2)27(21)17-20-12-7-8-13-22(20)19-10-5-4-6-11-19/h4-16H,3,17-18H2,1-2H3. The summed E-state index contributed by atoms with van der Waals surface area (Å²) in [5, 5.41) is 1.01. The molecule has 4 aromatic rings. The minimum atomic E-state index is -0.390. The third kappa shape index (κ3) is 3.94. The smallest absolute Gasteiger partial charge is 0.343 e. The molecule has 0 saturated heterocycles. The molecule has 0 amide bonds. The third-order valence-electron chi connectivity index (χ3n) is 5.36. The van der Waals surface area contributed by atoms with Crippen LogP contribution in [0, 0.1) is 0 Å². The number of hydrogen-bond acceptors (Lipinski definition) is 3. The number of hydrogen-bond donors (Lipinski definition) is 0. The molecule has 0 aliphatic rings. The van der Waals surface area contributed by atoms with Crippen molar-refractivity contribution in [2.75, 3.05) is 13.7 Å². The highest BCUT2D eigenvalue weighted by molar-refractivity contribution is 5.88. The van der Waals surface area contributed by atoms with Crippen molar-refractivity contribution >= 4 is 16.9 Å². The average Bonchev–Trinajstić information content (AvgIpc) is 3.16. The average molecular weight is 399 g/mol. The van der Waals surface area contributed by atoms with Gasteiger partial charge in [-0.15, -0.1) is 0 Å². The molecule has 0 bridgehead atoms. The van der Waals surface area contributed by atoms with Crippen LogP contribution in [0.5, 0.6) is 5.75 Å². The third-order valence-corrected chi connectivity index (χ3v) is 5.36. The van der Waals surface area contributed by atoms with Gasteiger partial charge in [-0.3, -0.25) is 0 Å². The second-order valence-electron chi connectivity index (χ2n) is 7.15. The zero-order valence-electron chi connectivity index (χ0n) is 17.3. The quantitative estimate of drug-likeness (QED) is 0.387. The second kappa shape index (κ2) is 8.87. The van der Waals surface area contributed by atoms with Gasteiger partial charge in [0.1, 0.15) is 5.75 Å².